The Labute approximate surface area is 158 Å². The van der Waals surface area contributed by atoms with E-state index < -0.39 is 0 Å². The van der Waals surface area contributed by atoms with Gasteiger partial charge in [-0.05, 0) is 45.4 Å². The lowest BCUT2D eigenvalue weighted by molar-refractivity contribution is -0.131. The number of rotatable bonds is 5. The zero-order valence-electron chi connectivity index (χ0n) is 16.1. The number of carbonyl (C=O) groups excluding carboxylic acids is 1. The zero-order chi connectivity index (χ0) is 19.0. The average molecular weight is 369 g/mol. The van der Waals surface area contributed by atoms with Gasteiger partial charge in [0, 0.05) is 49.2 Å². The molecular weight excluding hydrogens is 342 g/mol. The number of amides is 1. The quantitative estimate of drug-likeness (QED) is 0.873. The van der Waals surface area contributed by atoms with Gasteiger partial charge in [0.1, 0.15) is 11.6 Å². The summed E-state index contributed by atoms with van der Waals surface area (Å²) in [5.74, 6) is 2.99. The monoisotopic (exact) mass is 369 g/mol. The fourth-order valence-corrected chi connectivity index (χ4v) is 4.02. The van der Waals surface area contributed by atoms with Gasteiger partial charge in [-0.1, -0.05) is 0 Å². The SMILES string of the molecule is Cc1nc(C)c(CC(=O)N2CCC(c3nccn3CC3CC3)CC2)c(=O)[nH]1. The molecule has 0 spiro atoms. The fraction of sp³-hybridized carbons (Fsp3) is 0.600. The summed E-state index contributed by atoms with van der Waals surface area (Å²) >= 11 is 0. The third-order valence-corrected chi connectivity index (χ3v) is 5.78. The van der Waals surface area contributed by atoms with E-state index in [0.29, 0.717) is 23.0 Å². The molecule has 0 atom stereocenters. The molecule has 144 valence electrons. The van der Waals surface area contributed by atoms with Gasteiger partial charge in [-0.25, -0.2) is 9.97 Å². The molecule has 2 aliphatic rings. The highest BCUT2D eigenvalue weighted by Crippen LogP contribution is 2.33. The zero-order valence-corrected chi connectivity index (χ0v) is 16.1. The van der Waals surface area contributed by atoms with Gasteiger partial charge in [-0.15, -0.1) is 0 Å². The van der Waals surface area contributed by atoms with Gasteiger partial charge < -0.3 is 14.5 Å². The standard InChI is InChI=1S/C20H27N5O2/c1-13-17(20(27)23-14(2)22-13)11-18(26)24-8-5-16(6-9-24)19-21-7-10-25(19)12-15-3-4-15/h7,10,15-16H,3-6,8-9,11-12H2,1-2H3,(H,22,23,27). The summed E-state index contributed by atoms with van der Waals surface area (Å²) in [6.07, 6.45) is 8.62. The molecule has 0 unspecified atom stereocenters. The predicted molar refractivity (Wildman–Crippen MR) is 102 cm³/mol. The van der Waals surface area contributed by atoms with Gasteiger partial charge in [0.25, 0.3) is 5.56 Å². The average Bonchev–Trinajstić information content (AvgIpc) is 3.33. The second-order valence-corrected chi connectivity index (χ2v) is 7.93. The topological polar surface area (TPSA) is 83.9 Å². The Hall–Kier alpha value is -2.44. The van der Waals surface area contributed by atoms with Crippen LogP contribution in [0.1, 0.15) is 54.5 Å². The van der Waals surface area contributed by atoms with Crippen LogP contribution >= 0.6 is 0 Å². The summed E-state index contributed by atoms with van der Waals surface area (Å²) in [5, 5.41) is 0. The van der Waals surface area contributed by atoms with Crippen molar-refractivity contribution in [2.24, 2.45) is 5.92 Å². The Balaban J connectivity index is 1.37. The Morgan fingerprint density at radius 1 is 1.22 bits per heavy atom. The number of aryl methyl sites for hydroxylation is 2. The van der Waals surface area contributed by atoms with Crippen LogP contribution in [0.25, 0.3) is 0 Å². The van der Waals surface area contributed by atoms with Crippen molar-refractivity contribution in [2.75, 3.05) is 13.1 Å². The minimum atomic E-state index is -0.203. The van der Waals surface area contributed by atoms with E-state index in [1.807, 2.05) is 11.1 Å². The van der Waals surface area contributed by atoms with Crippen molar-refractivity contribution < 1.29 is 4.79 Å². The largest absolute Gasteiger partial charge is 0.342 e. The fourth-order valence-electron chi connectivity index (χ4n) is 4.02. The van der Waals surface area contributed by atoms with E-state index in [1.165, 1.54) is 18.7 Å². The number of nitrogens with zero attached hydrogens (tertiary/aromatic N) is 4. The summed E-state index contributed by atoms with van der Waals surface area (Å²) in [6, 6.07) is 0. The van der Waals surface area contributed by atoms with Crippen LogP contribution in [0, 0.1) is 19.8 Å². The third kappa shape index (κ3) is 3.96. The first-order valence-corrected chi connectivity index (χ1v) is 9.86. The summed E-state index contributed by atoms with van der Waals surface area (Å²) in [4.78, 5) is 38.3. The van der Waals surface area contributed by atoms with Crippen molar-refractivity contribution in [3.63, 3.8) is 0 Å². The Morgan fingerprint density at radius 2 is 1.96 bits per heavy atom. The number of hydrogen-bond donors (Lipinski definition) is 1. The van der Waals surface area contributed by atoms with Crippen LogP contribution in [0.4, 0.5) is 0 Å². The van der Waals surface area contributed by atoms with Crippen molar-refractivity contribution in [3.8, 4) is 0 Å². The molecule has 7 heteroatoms. The van der Waals surface area contributed by atoms with E-state index in [0.717, 1.165) is 38.4 Å². The molecule has 1 saturated carbocycles. The number of nitrogens with one attached hydrogen (secondary N) is 1. The van der Waals surface area contributed by atoms with Crippen molar-refractivity contribution in [1.82, 2.24) is 24.4 Å². The van der Waals surface area contributed by atoms with Gasteiger partial charge in [0.2, 0.25) is 5.91 Å². The Kier molecular flexibility index (Phi) is 4.85. The van der Waals surface area contributed by atoms with Gasteiger partial charge in [0.15, 0.2) is 0 Å². The minimum Gasteiger partial charge on any atom is -0.342 e. The van der Waals surface area contributed by atoms with Gasteiger partial charge in [-0.3, -0.25) is 9.59 Å². The van der Waals surface area contributed by atoms with E-state index in [-0.39, 0.29) is 17.9 Å². The molecule has 2 fully saturated rings. The third-order valence-electron chi connectivity index (χ3n) is 5.78. The van der Waals surface area contributed by atoms with Crippen LogP contribution in [0.2, 0.25) is 0 Å². The normalized spacial score (nSPS) is 18.1. The lowest BCUT2D eigenvalue weighted by Gasteiger charge is -2.32. The number of likely N-dealkylation sites (tertiary alicyclic amines) is 1. The molecule has 27 heavy (non-hydrogen) atoms. The van der Waals surface area contributed by atoms with E-state index in [1.54, 1.807) is 13.8 Å². The maximum Gasteiger partial charge on any atom is 0.254 e. The minimum absolute atomic E-state index is 0.00836. The maximum absolute atomic E-state index is 12.7. The van der Waals surface area contributed by atoms with Gasteiger partial charge in [-0.2, -0.15) is 0 Å². The van der Waals surface area contributed by atoms with Gasteiger partial charge in [0.05, 0.1) is 6.42 Å². The van der Waals surface area contributed by atoms with Crippen LogP contribution in [0.3, 0.4) is 0 Å². The molecule has 1 amide bonds. The number of carbonyl (C=O) groups is 1. The van der Waals surface area contributed by atoms with Crippen LogP contribution in [-0.2, 0) is 17.8 Å². The summed E-state index contributed by atoms with van der Waals surface area (Å²) < 4.78 is 2.31. The number of aromatic nitrogens is 4. The molecule has 1 saturated heterocycles. The lowest BCUT2D eigenvalue weighted by Crippen LogP contribution is -2.40. The van der Waals surface area contributed by atoms with Crippen LogP contribution < -0.4 is 5.56 Å². The lowest BCUT2D eigenvalue weighted by atomic mass is 9.95. The molecule has 2 aromatic rings. The molecule has 1 N–H and O–H groups in total. The van der Waals surface area contributed by atoms with Gasteiger partial charge >= 0.3 is 0 Å². The summed E-state index contributed by atoms with van der Waals surface area (Å²) in [5.41, 5.74) is 0.916. The molecule has 3 heterocycles. The van der Waals surface area contributed by atoms with E-state index >= 15 is 0 Å². The van der Waals surface area contributed by atoms with Crippen LogP contribution in [-0.4, -0.2) is 43.4 Å². The summed E-state index contributed by atoms with van der Waals surface area (Å²) in [6.45, 7) is 6.05. The van der Waals surface area contributed by atoms with Crippen molar-refractivity contribution >= 4 is 5.91 Å². The molecule has 0 radical (unpaired) electrons. The Morgan fingerprint density at radius 3 is 2.63 bits per heavy atom. The smallest absolute Gasteiger partial charge is 0.254 e. The maximum atomic E-state index is 12.7. The Bertz CT molecular complexity index is 888. The highest BCUT2D eigenvalue weighted by molar-refractivity contribution is 5.79. The van der Waals surface area contributed by atoms with E-state index in [4.69, 9.17) is 0 Å². The van der Waals surface area contributed by atoms with Crippen molar-refractivity contribution in [1.29, 1.82) is 0 Å². The summed E-state index contributed by atoms with van der Waals surface area (Å²) in [7, 11) is 0. The molecule has 1 aliphatic heterocycles. The number of piperidine rings is 1. The van der Waals surface area contributed by atoms with Crippen molar-refractivity contribution in [3.05, 3.63) is 45.7 Å². The first kappa shape index (κ1) is 17.9. The van der Waals surface area contributed by atoms with Crippen LogP contribution in [0.15, 0.2) is 17.2 Å². The second kappa shape index (κ2) is 7.29. The van der Waals surface area contributed by atoms with E-state index in [9.17, 15) is 9.59 Å². The number of aromatic amines is 1. The molecule has 2 aromatic heterocycles. The molecule has 7 nitrogen and oxygen atoms in total. The molecule has 0 aromatic carbocycles. The predicted octanol–water partition coefficient (Wildman–Crippen LogP) is 1.94. The highest BCUT2D eigenvalue weighted by Gasteiger charge is 2.29. The molecular formula is C20H27N5O2. The molecule has 1 aliphatic carbocycles. The molecule has 4 rings (SSSR count). The second-order valence-electron chi connectivity index (χ2n) is 7.93. The number of imidazole rings is 1. The van der Waals surface area contributed by atoms with Crippen molar-refractivity contribution in [2.45, 2.75) is 58.4 Å². The number of hydrogen-bond acceptors (Lipinski definition) is 4. The number of H-pyrrole nitrogens is 1. The first-order valence-electron chi connectivity index (χ1n) is 9.86. The van der Waals surface area contributed by atoms with E-state index in [2.05, 4.69) is 25.7 Å². The van der Waals surface area contributed by atoms with Crippen LogP contribution in [0.5, 0.6) is 0 Å². The molecule has 0 bridgehead atoms. The first-order chi connectivity index (χ1) is 13.0. The highest BCUT2D eigenvalue weighted by atomic mass is 16.2.